The Morgan fingerprint density at radius 3 is 2.46 bits per heavy atom. The van der Waals surface area contributed by atoms with Crippen molar-refractivity contribution in [1.82, 2.24) is 14.7 Å². The highest BCUT2D eigenvalue weighted by atomic mass is 16.6. The first kappa shape index (κ1) is 20.0. The van der Waals surface area contributed by atoms with E-state index in [2.05, 4.69) is 0 Å². The van der Waals surface area contributed by atoms with Crippen LogP contribution in [-0.4, -0.2) is 81.8 Å². The minimum Gasteiger partial charge on any atom is -0.480 e. The molecule has 0 bridgehead atoms. The number of nitrogens with zero attached hydrogens (tertiary/aromatic N) is 3. The van der Waals surface area contributed by atoms with Crippen molar-refractivity contribution in [2.45, 2.75) is 44.9 Å². The lowest BCUT2D eigenvalue weighted by Crippen LogP contribution is -2.54. The van der Waals surface area contributed by atoms with Gasteiger partial charge in [-0.1, -0.05) is 30.3 Å². The van der Waals surface area contributed by atoms with Gasteiger partial charge in [0.2, 0.25) is 0 Å². The van der Waals surface area contributed by atoms with E-state index in [0.29, 0.717) is 19.6 Å². The molecule has 2 aliphatic heterocycles. The monoisotopic (exact) mass is 389 g/mol. The highest BCUT2D eigenvalue weighted by molar-refractivity contribution is 5.85. The Kier molecular flexibility index (Phi) is 5.49. The maximum atomic E-state index is 12.8. The first-order valence-corrected chi connectivity index (χ1v) is 9.47. The average molecular weight is 389 g/mol. The van der Waals surface area contributed by atoms with Crippen LogP contribution in [0.25, 0.3) is 0 Å². The molecule has 0 spiro atoms. The summed E-state index contributed by atoms with van der Waals surface area (Å²) in [5, 5.41) is 9.72. The highest BCUT2D eigenvalue weighted by Gasteiger charge is 2.46. The standard InChI is InChI=1S/C20H27N3O5/c1-20(2,3)28-19(27)21-9-10-22-15(12-21)13-23(18(22)26)16(17(24)25)11-14-7-5-4-6-8-14/h4-8,15-16H,9-13H2,1-3H3,(H,24,25)/t15?,16-/m1/s1. The molecule has 1 aromatic rings. The molecule has 28 heavy (non-hydrogen) atoms. The maximum absolute atomic E-state index is 12.8. The molecule has 1 N–H and O–H groups in total. The van der Waals surface area contributed by atoms with Gasteiger partial charge in [0.1, 0.15) is 11.6 Å². The Morgan fingerprint density at radius 1 is 1.18 bits per heavy atom. The molecule has 1 aromatic carbocycles. The second-order valence-corrected chi connectivity index (χ2v) is 8.25. The lowest BCUT2D eigenvalue weighted by atomic mass is 10.0. The number of carbonyl (C=O) groups excluding carboxylic acids is 2. The van der Waals surface area contributed by atoms with Gasteiger partial charge in [-0.15, -0.1) is 0 Å². The molecule has 0 aromatic heterocycles. The van der Waals surface area contributed by atoms with E-state index in [0.717, 1.165) is 5.56 Å². The number of carbonyl (C=O) groups is 3. The van der Waals surface area contributed by atoms with E-state index in [1.54, 1.807) is 9.80 Å². The Morgan fingerprint density at radius 2 is 1.86 bits per heavy atom. The molecule has 2 fully saturated rings. The van der Waals surface area contributed by atoms with Crippen molar-refractivity contribution in [3.05, 3.63) is 35.9 Å². The number of fused-ring (bicyclic) bond motifs is 1. The molecular weight excluding hydrogens is 362 g/mol. The zero-order valence-electron chi connectivity index (χ0n) is 16.5. The van der Waals surface area contributed by atoms with Gasteiger partial charge in [0.15, 0.2) is 0 Å². The second kappa shape index (κ2) is 7.69. The van der Waals surface area contributed by atoms with Crippen LogP contribution in [0.4, 0.5) is 9.59 Å². The molecule has 2 aliphatic rings. The van der Waals surface area contributed by atoms with Crippen molar-refractivity contribution in [3.8, 4) is 0 Å². The van der Waals surface area contributed by atoms with Gasteiger partial charge in [-0.05, 0) is 26.3 Å². The third-order valence-electron chi connectivity index (χ3n) is 4.97. The van der Waals surface area contributed by atoms with E-state index < -0.39 is 23.7 Å². The molecule has 1 unspecified atom stereocenters. The van der Waals surface area contributed by atoms with Gasteiger partial charge in [0, 0.05) is 32.6 Å². The minimum atomic E-state index is -1.03. The van der Waals surface area contributed by atoms with Gasteiger partial charge in [-0.3, -0.25) is 0 Å². The number of urea groups is 1. The zero-order chi connectivity index (χ0) is 20.5. The summed E-state index contributed by atoms with van der Waals surface area (Å²) in [5.41, 5.74) is 0.276. The van der Waals surface area contributed by atoms with Crippen molar-refractivity contribution in [2.75, 3.05) is 26.2 Å². The molecule has 2 saturated heterocycles. The smallest absolute Gasteiger partial charge is 0.410 e. The number of hydrogen-bond donors (Lipinski definition) is 1. The Balaban J connectivity index is 1.70. The van der Waals surface area contributed by atoms with Gasteiger partial charge in [0.25, 0.3) is 0 Å². The van der Waals surface area contributed by atoms with E-state index in [9.17, 15) is 19.5 Å². The molecule has 3 rings (SSSR count). The van der Waals surface area contributed by atoms with Gasteiger partial charge in [-0.2, -0.15) is 0 Å². The van der Waals surface area contributed by atoms with Crippen LogP contribution in [0.2, 0.25) is 0 Å². The second-order valence-electron chi connectivity index (χ2n) is 8.25. The summed E-state index contributed by atoms with van der Waals surface area (Å²) in [5.74, 6) is -1.03. The Labute approximate surface area is 164 Å². The molecule has 0 saturated carbocycles. The Bertz CT molecular complexity index is 746. The molecule has 3 amide bonds. The molecule has 2 atom stereocenters. The maximum Gasteiger partial charge on any atom is 0.410 e. The predicted molar refractivity (Wildman–Crippen MR) is 102 cm³/mol. The normalized spacial score (nSPS) is 20.8. The topological polar surface area (TPSA) is 90.4 Å². The van der Waals surface area contributed by atoms with Gasteiger partial charge in [0.05, 0.1) is 6.04 Å². The van der Waals surface area contributed by atoms with Crippen LogP contribution in [0.15, 0.2) is 30.3 Å². The number of aliphatic carboxylic acids is 1. The fraction of sp³-hybridized carbons (Fsp3) is 0.550. The molecule has 0 aliphatic carbocycles. The summed E-state index contributed by atoms with van der Waals surface area (Å²) in [7, 11) is 0. The van der Waals surface area contributed by atoms with E-state index in [4.69, 9.17) is 4.74 Å². The number of carboxylic acid groups (broad SMARTS) is 1. The first-order valence-electron chi connectivity index (χ1n) is 9.47. The van der Waals surface area contributed by atoms with Gasteiger partial charge in [-0.25, -0.2) is 14.4 Å². The van der Waals surface area contributed by atoms with Crippen LogP contribution in [0.5, 0.6) is 0 Å². The number of hydrogen-bond acceptors (Lipinski definition) is 4. The van der Waals surface area contributed by atoms with Crippen LogP contribution in [0, 0.1) is 0 Å². The van der Waals surface area contributed by atoms with Gasteiger partial charge >= 0.3 is 18.1 Å². The third kappa shape index (κ3) is 4.37. The van der Waals surface area contributed by atoms with Crippen LogP contribution in [0.1, 0.15) is 26.3 Å². The lowest BCUT2D eigenvalue weighted by Gasteiger charge is -2.37. The zero-order valence-corrected chi connectivity index (χ0v) is 16.5. The fourth-order valence-electron chi connectivity index (χ4n) is 3.65. The summed E-state index contributed by atoms with van der Waals surface area (Å²) < 4.78 is 5.42. The van der Waals surface area contributed by atoms with Crippen LogP contribution in [0.3, 0.4) is 0 Å². The van der Waals surface area contributed by atoms with Crippen LogP contribution in [-0.2, 0) is 16.0 Å². The van der Waals surface area contributed by atoms with Crippen molar-refractivity contribution < 1.29 is 24.2 Å². The van der Waals surface area contributed by atoms with E-state index >= 15 is 0 Å². The molecular formula is C20H27N3O5. The summed E-state index contributed by atoms with van der Waals surface area (Å²) >= 11 is 0. The van der Waals surface area contributed by atoms with E-state index in [1.165, 1.54) is 4.90 Å². The number of carboxylic acids is 1. The fourth-order valence-corrected chi connectivity index (χ4v) is 3.65. The predicted octanol–water partition coefficient (Wildman–Crippen LogP) is 2.04. The van der Waals surface area contributed by atoms with Crippen molar-refractivity contribution >= 4 is 18.1 Å². The summed E-state index contributed by atoms with van der Waals surface area (Å²) in [6.45, 7) is 6.80. The Hall–Kier alpha value is -2.77. The first-order chi connectivity index (χ1) is 13.2. The number of ether oxygens (including phenoxy) is 1. The SMILES string of the molecule is CC(C)(C)OC(=O)N1CCN2C(=O)N([C@H](Cc3ccccc3)C(=O)O)CC2C1. The van der Waals surface area contributed by atoms with Crippen molar-refractivity contribution in [2.24, 2.45) is 0 Å². The molecule has 2 heterocycles. The molecule has 0 radical (unpaired) electrons. The summed E-state index contributed by atoms with van der Waals surface area (Å²) in [6, 6.07) is 7.83. The third-order valence-corrected chi connectivity index (χ3v) is 4.97. The molecule has 8 nitrogen and oxygen atoms in total. The number of benzene rings is 1. The largest absolute Gasteiger partial charge is 0.480 e. The number of amides is 3. The lowest BCUT2D eigenvalue weighted by molar-refractivity contribution is -0.142. The minimum absolute atomic E-state index is 0.230. The van der Waals surface area contributed by atoms with Crippen molar-refractivity contribution in [1.29, 1.82) is 0 Å². The van der Waals surface area contributed by atoms with Crippen LogP contribution >= 0.6 is 0 Å². The van der Waals surface area contributed by atoms with Gasteiger partial charge < -0.3 is 24.5 Å². The molecule has 152 valence electrons. The summed E-state index contributed by atoms with van der Waals surface area (Å²) in [6.07, 6.45) is -0.157. The van der Waals surface area contributed by atoms with E-state index in [1.807, 2.05) is 51.1 Å². The molecule has 8 heteroatoms. The van der Waals surface area contributed by atoms with Crippen molar-refractivity contribution in [3.63, 3.8) is 0 Å². The highest BCUT2D eigenvalue weighted by Crippen LogP contribution is 2.25. The van der Waals surface area contributed by atoms with Crippen LogP contribution < -0.4 is 0 Å². The number of piperazine rings is 1. The number of rotatable bonds is 4. The van der Waals surface area contributed by atoms with E-state index in [-0.39, 0.29) is 25.0 Å². The average Bonchev–Trinajstić information content (AvgIpc) is 2.95. The summed E-state index contributed by atoms with van der Waals surface area (Å²) in [4.78, 5) is 41.7. The quantitative estimate of drug-likeness (QED) is 0.851.